The highest BCUT2D eigenvalue weighted by Crippen LogP contribution is 2.13. The van der Waals surface area contributed by atoms with Crippen molar-refractivity contribution in [1.82, 2.24) is 0 Å². The molecule has 0 bridgehead atoms. The Morgan fingerprint density at radius 2 is 2.13 bits per heavy atom. The summed E-state index contributed by atoms with van der Waals surface area (Å²) in [5.74, 6) is 3.81. The van der Waals surface area contributed by atoms with Gasteiger partial charge >= 0.3 is 0 Å². The van der Waals surface area contributed by atoms with Crippen LogP contribution >= 0.6 is 0 Å². The second-order valence-electron chi connectivity index (χ2n) is 2.50. The summed E-state index contributed by atoms with van der Waals surface area (Å²) in [5, 5.41) is 0. The predicted molar refractivity (Wildman–Crippen MR) is 55.1 cm³/mol. The standard InChI is InChI=1S/C9H8N2O3S/c10-9(12)6-5-7-3-1-2-4-8(7)11-15(13)14/h1-4,11H,(H2,10,12)(H,13,14)/p-1. The van der Waals surface area contributed by atoms with Crippen LogP contribution < -0.4 is 10.5 Å². The van der Waals surface area contributed by atoms with Gasteiger partial charge in [0.05, 0.1) is 5.69 Å². The number of benzene rings is 1. The van der Waals surface area contributed by atoms with E-state index in [1.165, 1.54) is 6.07 Å². The molecule has 5 nitrogen and oxygen atoms in total. The number of nitrogens with two attached hydrogens (primary N) is 1. The Bertz CT molecular complexity index is 462. The van der Waals surface area contributed by atoms with E-state index < -0.39 is 17.2 Å². The first kappa shape index (κ1) is 11.2. The predicted octanol–water partition coefficient (Wildman–Crippen LogP) is -0.271. The van der Waals surface area contributed by atoms with Gasteiger partial charge in [0.15, 0.2) is 0 Å². The van der Waals surface area contributed by atoms with Crippen molar-refractivity contribution < 1.29 is 13.6 Å². The van der Waals surface area contributed by atoms with Crippen molar-refractivity contribution >= 4 is 22.9 Å². The first-order valence-electron chi connectivity index (χ1n) is 3.86. The van der Waals surface area contributed by atoms with Crippen molar-refractivity contribution in [2.24, 2.45) is 5.73 Å². The van der Waals surface area contributed by atoms with Gasteiger partial charge in [-0.25, -0.2) is 0 Å². The number of amides is 1. The third-order valence-electron chi connectivity index (χ3n) is 1.44. The fourth-order valence-corrected chi connectivity index (χ4v) is 1.26. The van der Waals surface area contributed by atoms with Crippen LogP contribution in [0.4, 0.5) is 5.69 Å². The number of anilines is 1. The smallest absolute Gasteiger partial charge is 0.293 e. The largest absolute Gasteiger partial charge is 0.755 e. The summed E-state index contributed by atoms with van der Waals surface area (Å²) in [4.78, 5) is 10.4. The molecule has 0 aromatic heterocycles. The SMILES string of the molecule is NC(=O)C#Cc1ccccc1NS(=O)[O-]. The van der Waals surface area contributed by atoms with Gasteiger partial charge in [-0.15, -0.1) is 0 Å². The molecule has 0 spiro atoms. The third-order valence-corrected chi connectivity index (χ3v) is 1.83. The third kappa shape index (κ3) is 3.81. The lowest BCUT2D eigenvalue weighted by atomic mass is 10.2. The lowest BCUT2D eigenvalue weighted by molar-refractivity contribution is -0.112. The van der Waals surface area contributed by atoms with Crippen molar-refractivity contribution in [2.45, 2.75) is 0 Å². The van der Waals surface area contributed by atoms with Crippen molar-refractivity contribution in [3.05, 3.63) is 29.8 Å². The molecule has 0 fully saturated rings. The van der Waals surface area contributed by atoms with E-state index in [0.717, 1.165) is 0 Å². The highest BCUT2D eigenvalue weighted by Gasteiger charge is 1.97. The fourth-order valence-electron chi connectivity index (χ4n) is 0.900. The highest BCUT2D eigenvalue weighted by atomic mass is 32.2. The van der Waals surface area contributed by atoms with Crippen LogP contribution in [-0.4, -0.2) is 14.7 Å². The maximum atomic E-state index is 10.4. The molecule has 78 valence electrons. The van der Waals surface area contributed by atoms with Crippen molar-refractivity contribution in [1.29, 1.82) is 0 Å². The van der Waals surface area contributed by atoms with E-state index in [-0.39, 0.29) is 0 Å². The van der Waals surface area contributed by atoms with Gasteiger partial charge in [0, 0.05) is 22.8 Å². The molecule has 0 saturated carbocycles. The lowest BCUT2D eigenvalue weighted by Gasteiger charge is -2.09. The second-order valence-corrected chi connectivity index (χ2v) is 3.17. The van der Waals surface area contributed by atoms with Gasteiger partial charge in [0.1, 0.15) is 0 Å². The van der Waals surface area contributed by atoms with Gasteiger partial charge in [0.25, 0.3) is 5.91 Å². The minimum absolute atomic E-state index is 0.305. The Hall–Kier alpha value is -1.84. The molecule has 0 radical (unpaired) electrons. The molecule has 15 heavy (non-hydrogen) atoms. The number of rotatable bonds is 2. The topological polar surface area (TPSA) is 95.2 Å². The Kier molecular flexibility index (Phi) is 3.85. The number of primary amides is 1. The number of hydrogen-bond acceptors (Lipinski definition) is 3. The van der Waals surface area contributed by atoms with Crippen LogP contribution in [0.1, 0.15) is 5.56 Å². The summed E-state index contributed by atoms with van der Waals surface area (Å²) in [6, 6.07) is 6.42. The average Bonchev–Trinajstić information content (AvgIpc) is 2.15. The molecule has 0 aliphatic heterocycles. The monoisotopic (exact) mass is 223 g/mol. The summed E-state index contributed by atoms with van der Waals surface area (Å²) in [6.07, 6.45) is 0. The van der Waals surface area contributed by atoms with Gasteiger partial charge < -0.3 is 15.0 Å². The van der Waals surface area contributed by atoms with Gasteiger partial charge in [-0.2, -0.15) is 0 Å². The van der Waals surface area contributed by atoms with E-state index in [1.54, 1.807) is 18.2 Å². The van der Waals surface area contributed by atoms with Crippen LogP contribution in [0.15, 0.2) is 24.3 Å². The average molecular weight is 223 g/mol. The summed E-state index contributed by atoms with van der Waals surface area (Å²) in [5.41, 5.74) is 5.53. The quantitative estimate of drug-likeness (QED) is 0.533. The number of carbonyl (C=O) groups is 1. The zero-order chi connectivity index (χ0) is 11.3. The molecule has 1 rings (SSSR count). The van der Waals surface area contributed by atoms with Crippen LogP contribution in [0.5, 0.6) is 0 Å². The Morgan fingerprint density at radius 1 is 1.47 bits per heavy atom. The van der Waals surface area contributed by atoms with Crippen molar-refractivity contribution in [3.8, 4) is 11.8 Å². The van der Waals surface area contributed by atoms with Gasteiger partial charge in [-0.3, -0.25) is 9.00 Å². The Balaban J connectivity index is 3.02. The lowest BCUT2D eigenvalue weighted by Crippen LogP contribution is -2.07. The normalized spacial score (nSPS) is 11.0. The van der Waals surface area contributed by atoms with Crippen molar-refractivity contribution in [2.75, 3.05) is 4.72 Å². The molecule has 1 unspecified atom stereocenters. The van der Waals surface area contributed by atoms with Gasteiger partial charge in [0.2, 0.25) is 0 Å². The van der Waals surface area contributed by atoms with E-state index in [9.17, 15) is 13.6 Å². The van der Waals surface area contributed by atoms with E-state index in [0.29, 0.717) is 11.3 Å². The van der Waals surface area contributed by atoms with Crippen LogP contribution in [0, 0.1) is 11.8 Å². The molecule has 1 aromatic rings. The first-order valence-corrected chi connectivity index (χ1v) is 4.93. The number of para-hydroxylation sites is 1. The van der Waals surface area contributed by atoms with E-state index in [1.807, 2.05) is 0 Å². The molecule has 0 heterocycles. The van der Waals surface area contributed by atoms with Crippen LogP contribution in [0.2, 0.25) is 0 Å². The summed E-state index contributed by atoms with van der Waals surface area (Å²) in [7, 11) is 0. The summed E-state index contributed by atoms with van der Waals surface area (Å²) in [6.45, 7) is 0. The summed E-state index contributed by atoms with van der Waals surface area (Å²) < 4.78 is 23.0. The van der Waals surface area contributed by atoms with E-state index in [2.05, 4.69) is 16.6 Å². The second kappa shape index (κ2) is 5.14. The number of carbonyl (C=O) groups excluding carboxylic acids is 1. The maximum Gasteiger partial charge on any atom is 0.293 e. The summed E-state index contributed by atoms with van der Waals surface area (Å²) >= 11 is -2.43. The van der Waals surface area contributed by atoms with E-state index >= 15 is 0 Å². The fraction of sp³-hybridized carbons (Fsp3) is 0. The maximum absolute atomic E-state index is 10.4. The molecule has 1 aromatic carbocycles. The number of nitrogens with one attached hydrogen (secondary N) is 1. The molecule has 0 aliphatic carbocycles. The Labute approximate surface area is 89.1 Å². The molecule has 6 heteroatoms. The molecule has 1 amide bonds. The highest BCUT2D eigenvalue weighted by molar-refractivity contribution is 7.80. The first-order chi connectivity index (χ1) is 7.09. The van der Waals surface area contributed by atoms with Gasteiger partial charge in [-0.05, 0) is 12.1 Å². The number of hydrogen-bond donors (Lipinski definition) is 2. The van der Waals surface area contributed by atoms with Gasteiger partial charge in [-0.1, -0.05) is 18.1 Å². The van der Waals surface area contributed by atoms with Crippen LogP contribution in [0.25, 0.3) is 0 Å². The Morgan fingerprint density at radius 3 is 2.73 bits per heavy atom. The zero-order valence-electron chi connectivity index (χ0n) is 7.52. The molecular weight excluding hydrogens is 216 g/mol. The minimum Gasteiger partial charge on any atom is -0.755 e. The molecule has 1 atom stereocenters. The molecule has 3 N–H and O–H groups in total. The molecule has 0 aliphatic rings. The molecule has 0 saturated heterocycles. The zero-order valence-corrected chi connectivity index (χ0v) is 8.34. The molecular formula is C9H7N2O3S-. The van der Waals surface area contributed by atoms with E-state index in [4.69, 9.17) is 5.73 Å². The van der Waals surface area contributed by atoms with Crippen LogP contribution in [0.3, 0.4) is 0 Å². The van der Waals surface area contributed by atoms with Crippen molar-refractivity contribution in [3.63, 3.8) is 0 Å². The minimum atomic E-state index is -2.43. The van der Waals surface area contributed by atoms with Crippen LogP contribution in [-0.2, 0) is 16.1 Å².